The van der Waals surface area contributed by atoms with Crippen LogP contribution in [0.1, 0.15) is 65.7 Å². The Morgan fingerprint density at radius 2 is 1.93 bits per heavy atom. The Kier molecular flexibility index (Phi) is 8.07. The lowest BCUT2D eigenvalue weighted by Gasteiger charge is -2.35. The molecule has 0 spiro atoms. The first-order valence-corrected chi connectivity index (χ1v) is 10.4. The molecule has 1 saturated heterocycles. The van der Waals surface area contributed by atoms with Gasteiger partial charge in [0.05, 0.1) is 18.6 Å². The maximum absolute atomic E-state index is 13.1. The van der Waals surface area contributed by atoms with Crippen LogP contribution >= 0.6 is 0 Å². The maximum Gasteiger partial charge on any atom is 0.326 e. The lowest BCUT2D eigenvalue weighted by Crippen LogP contribution is -2.53. The Bertz CT molecular complexity index is 538. The molecule has 1 saturated carbocycles. The number of likely N-dealkylation sites (tertiary alicyclic amines) is 1. The highest BCUT2D eigenvalue weighted by Crippen LogP contribution is 2.40. The zero-order valence-corrected chi connectivity index (χ0v) is 16.8. The van der Waals surface area contributed by atoms with Crippen LogP contribution in [0.2, 0.25) is 0 Å². The summed E-state index contributed by atoms with van der Waals surface area (Å²) in [6.07, 6.45) is 6.14. The van der Waals surface area contributed by atoms with Crippen LogP contribution in [0.15, 0.2) is 0 Å². The summed E-state index contributed by atoms with van der Waals surface area (Å²) in [5, 5.41) is 12.8. The van der Waals surface area contributed by atoms with Crippen molar-refractivity contribution in [3.63, 3.8) is 0 Å². The number of nitrogens with zero attached hydrogens (tertiary/aromatic N) is 1. The van der Waals surface area contributed by atoms with Gasteiger partial charge in [0.15, 0.2) is 0 Å². The van der Waals surface area contributed by atoms with E-state index in [0.29, 0.717) is 31.9 Å². The Balaban J connectivity index is 2.01. The summed E-state index contributed by atoms with van der Waals surface area (Å²) in [5.74, 6) is -1.33. The van der Waals surface area contributed by atoms with E-state index in [-0.39, 0.29) is 23.8 Å². The number of nitrogens with one attached hydrogen (secondary N) is 1. The van der Waals surface area contributed by atoms with Crippen molar-refractivity contribution < 1.29 is 24.2 Å². The van der Waals surface area contributed by atoms with Gasteiger partial charge in [-0.25, -0.2) is 4.79 Å². The normalized spacial score (nSPS) is 26.9. The maximum atomic E-state index is 13.1. The van der Waals surface area contributed by atoms with Crippen molar-refractivity contribution in [1.82, 2.24) is 10.2 Å². The molecule has 0 bridgehead atoms. The van der Waals surface area contributed by atoms with E-state index in [9.17, 15) is 19.5 Å². The number of carbonyl (C=O) groups is 3. The van der Waals surface area contributed by atoms with Crippen LogP contribution in [0.3, 0.4) is 0 Å². The van der Waals surface area contributed by atoms with E-state index in [1.807, 2.05) is 6.92 Å². The van der Waals surface area contributed by atoms with Crippen LogP contribution in [-0.2, 0) is 19.1 Å². The predicted molar refractivity (Wildman–Crippen MR) is 101 cm³/mol. The summed E-state index contributed by atoms with van der Waals surface area (Å²) in [5.41, 5.74) is 0. The third-order valence-electron chi connectivity index (χ3n) is 5.93. The second-order valence-corrected chi connectivity index (χ2v) is 7.81. The monoisotopic (exact) mass is 382 g/mol. The number of aliphatic carboxylic acids is 1. The molecule has 2 rings (SSSR count). The number of carboxylic acids is 1. The summed E-state index contributed by atoms with van der Waals surface area (Å²) >= 11 is 0. The number of esters is 1. The molecule has 1 amide bonds. The molecule has 1 heterocycles. The first-order chi connectivity index (χ1) is 12.9. The van der Waals surface area contributed by atoms with Crippen molar-refractivity contribution in [2.45, 2.75) is 83.8 Å². The average molecular weight is 383 g/mol. The zero-order chi connectivity index (χ0) is 20.0. The first-order valence-electron chi connectivity index (χ1n) is 10.4. The largest absolute Gasteiger partial charge is 0.480 e. The van der Waals surface area contributed by atoms with Gasteiger partial charge in [-0.3, -0.25) is 9.59 Å². The molecule has 2 aliphatic rings. The van der Waals surface area contributed by atoms with E-state index in [2.05, 4.69) is 5.32 Å². The lowest BCUT2D eigenvalue weighted by molar-refractivity contribution is -0.151. The van der Waals surface area contributed by atoms with Gasteiger partial charge in [0.25, 0.3) is 0 Å². The average Bonchev–Trinajstić information content (AvgIpc) is 3.04. The standard InChI is InChI=1S/C20H34N2O5/c1-4-8-15(20(26)27-5-2)12-21-13(3)18(23)22-16-10-7-6-9-14(16)11-17(22)19(24)25/h13-17,21H,4-12H2,1-3H3,(H,24,25)/t13-,14-,15+,16-,17-/m0/s1. The zero-order valence-electron chi connectivity index (χ0n) is 16.8. The Morgan fingerprint density at radius 3 is 2.56 bits per heavy atom. The Labute approximate surface area is 161 Å². The molecule has 2 fully saturated rings. The topological polar surface area (TPSA) is 95.9 Å². The van der Waals surface area contributed by atoms with Crippen molar-refractivity contribution in [1.29, 1.82) is 0 Å². The number of hydrogen-bond acceptors (Lipinski definition) is 5. The Morgan fingerprint density at radius 1 is 1.22 bits per heavy atom. The number of rotatable bonds is 9. The van der Waals surface area contributed by atoms with E-state index < -0.39 is 18.1 Å². The van der Waals surface area contributed by atoms with Gasteiger partial charge in [0, 0.05) is 12.6 Å². The van der Waals surface area contributed by atoms with Crippen molar-refractivity contribution in [3.8, 4) is 0 Å². The number of fused-ring (bicyclic) bond motifs is 1. The molecular formula is C20H34N2O5. The molecule has 7 nitrogen and oxygen atoms in total. The Hall–Kier alpha value is -1.63. The minimum atomic E-state index is -0.916. The highest BCUT2D eigenvalue weighted by Gasteiger charge is 2.48. The number of carbonyl (C=O) groups excluding carboxylic acids is 2. The summed E-state index contributed by atoms with van der Waals surface area (Å²) in [4.78, 5) is 38.5. The first kappa shape index (κ1) is 21.7. The molecule has 0 radical (unpaired) electrons. The molecule has 0 aromatic heterocycles. The molecule has 0 unspecified atom stereocenters. The van der Waals surface area contributed by atoms with Gasteiger partial charge in [-0.15, -0.1) is 0 Å². The van der Waals surface area contributed by atoms with Gasteiger partial charge in [0.2, 0.25) is 5.91 Å². The van der Waals surface area contributed by atoms with Gasteiger partial charge in [-0.2, -0.15) is 0 Å². The van der Waals surface area contributed by atoms with E-state index in [1.54, 1.807) is 18.7 Å². The van der Waals surface area contributed by atoms with Crippen LogP contribution in [0, 0.1) is 11.8 Å². The second kappa shape index (κ2) is 10.1. The van der Waals surface area contributed by atoms with Gasteiger partial charge < -0.3 is 20.1 Å². The molecule has 0 aromatic rings. The predicted octanol–water partition coefficient (Wildman–Crippen LogP) is 2.19. The van der Waals surface area contributed by atoms with Crippen molar-refractivity contribution >= 4 is 17.8 Å². The SMILES string of the molecule is CCC[C@H](CN[C@@H](C)C(=O)N1[C@H](C(=O)O)C[C@@H]2CCCC[C@@H]21)C(=O)OCC. The molecule has 7 heteroatoms. The third kappa shape index (κ3) is 5.21. The van der Waals surface area contributed by atoms with Crippen LogP contribution < -0.4 is 5.32 Å². The fourth-order valence-electron chi connectivity index (χ4n) is 4.54. The fourth-order valence-corrected chi connectivity index (χ4v) is 4.54. The van der Waals surface area contributed by atoms with Crippen molar-refractivity contribution in [2.75, 3.05) is 13.2 Å². The summed E-state index contributed by atoms with van der Waals surface area (Å²) < 4.78 is 5.12. The van der Waals surface area contributed by atoms with Crippen LogP contribution in [0.4, 0.5) is 0 Å². The van der Waals surface area contributed by atoms with Gasteiger partial charge in [-0.05, 0) is 45.4 Å². The number of hydrogen-bond donors (Lipinski definition) is 2. The molecule has 1 aliphatic carbocycles. The van der Waals surface area contributed by atoms with Crippen LogP contribution in [0.25, 0.3) is 0 Å². The quantitative estimate of drug-likeness (QED) is 0.594. The highest BCUT2D eigenvalue weighted by molar-refractivity contribution is 5.88. The van der Waals surface area contributed by atoms with E-state index in [1.165, 1.54) is 0 Å². The highest BCUT2D eigenvalue weighted by atomic mass is 16.5. The number of amides is 1. The lowest BCUT2D eigenvalue weighted by atomic mass is 9.84. The third-order valence-corrected chi connectivity index (χ3v) is 5.93. The van der Waals surface area contributed by atoms with E-state index in [4.69, 9.17) is 4.74 Å². The number of carboxylic acid groups (broad SMARTS) is 1. The summed E-state index contributed by atoms with van der Waals surface area (Å²) in [6.45, 7) is 6.24. The van der Waals surface area contributed by atoms with Crippen molar-refractivity contribution in [2.24, 2.45) is 11.8 Å². The van der Waals surface area contributed by atoms with Gasteiger partial charge >= 0.3 is 11.9 Å². The smallest absolute Gasteiger partial charge is 0.326 e. The minimum absolute atomic E-state index is 0.0353. The van der Waals surface area contributed by atoms with Crippen LogP contribution in [0.5, 0.6) is 0 Å². The van der Waals surface area contributed by atoms with Gasteiger partial charge in [-0.1, -0.05) is 26.2 Å². The molecule has 2 N–H and O–H groups in total. The molecule has 154 valence electrons. The van der Waals surface area contributed by atoms with E-state index in [0.717, 1.165) is 32.1 Å². The van der Waals surface area contributed by atoms with E-state index >= 15 is 0 Å². The molecule has 1 aliphatic heterocycles. The molecule has 27 heavy (non-hydrogen) atoms. The minimum Gasteiger partial charge on any atom is -0.480 e. The molecule has 0 aromatic carbocycles. The van der Waals surface area contributed by atoms with Crippen molar-refractivity contribution in [3.05, 3.63) is 0 Å². The molecular weight excluding hydrogens is 348 g/mol. The second-order valence-electron chi connectivity index (χ2n) is 7.81. The fraction of sp³-hybridized carbons (Fsp3) is 0.850. The summed E-state index contributed by atoms with van der Waals surface area (Å²) in [6, 6.07) is -1.22. The number of ether oxygens (including phenoxy) is 1. The van der Waals surface area contributed by atoms with Crippen LogP contribution in [-0.4, -0.2) is 59.1 Å². The summed E-state index contributed by atoms with van der Waals surface area (Å²) in [7, 11) is 0. The molecule has 5 atom stereocenters. The van der Waals surface area contributed by atoms with Gasteiger partial charge in [0.1, 0.15) is 6.04 Å².